The van der Waals surface area contributed by atoms with Crippen LogP contribution < -0.4 is 9.64 Å². The lowest BCUT2D eigenvalue weighted by Gasteiger charge is -2.23. The molecule has 1 N–H and O–H groups in total. The van der Waals surface area contributed by atoms with Crippen molar-refractivity contribution >= 4 is 44.1 Å². The van der Waals surface area contributed by atoms with Crippen molar-refractivity contribution in [1.82, 2.24) is 4.98 Å². The Balaban J connectivity index is 1.69. The Morgan fingerprint density at radius 1 is 1.08 bits per heavy atom. The van der Waals surface area contributed by atoms with E-state index in [1.807, 2.05) is 32.9 Å². The van der Waals surface area contributed by atoms with Gasteiger partial charge >= 0.3 is 5.91 Å². The first-order valence-electron chi connectivity index (χ1n) is 11.5. The molecule has 1 aliphatic heterocycles. The molecule has 0 spiro atoms. The predicted molar refractivity (Wildman–Crippen MR) is 138 cm³/mol. The third-order valence-corrected chi connectivity index (χ3v) is 7.10. The van der Waals surface area contributed by atoms with Crippen molar-refractivity contribution < 1.29 is 23.8 Å². The number of fused-ring (bicyclic) bond motifs is 1. The maximum atomic E-state index is 13.8. The molecule has 0 aliphatic carbocycles. The van der Waals surface area contributed by atoms with E-state index in [2.05, 4.69) is 4.98 Å². The van der Waals surface area contributed by atoms with Gasteiger partial charge < -0.3 is 9.84 Å². The quantitative estimate of drug-likeness (QED) is 0.203. The summed E-state index contributed by atoms with van der Waals surface area (Å²) < 4.78 is 20.1. The molecule has 0 saturated carbocycles. The minimum Gasteiger partial charge on any atom is -0.507 e. The fourth-order valence-corrected chi connectivity index (χ4v) is 5.65. The fourth-order valence-electron chi connectivity index (χ4n) is 4.48. The van der Waals surface area contributed by atoms with Crippen molar-refractivity contribution in [2.45, 2.75) is 26.8 Å². The zero-order valence-corrected chi connectivity index (χ0v) is 20.7. The lowest BCUT2D eigenvalue weighted by molar-refractivity contribution is -0.132. The third-order valence-electron chi connectivity index (χ3n) is 6.09. The number of ketones is 1. The molecule has 6 nitrogen and oxygen atoms in total. The number of anilines is 1. The normalized spacial score (nSPS) is 17.2. The Bertz CT molecular complexity index is 1520. The summed E-state index contributed by atoms with van der Waals surface area (Å²) in [6, 6.07) is 15.2. The first-order valence-corrected chi connectivity index (χ1v) is 12.3. The molecular weight excluding hydrogens is 479 g/mol. The minimum absolute atomic E-state index is 0.0806. The first-order chi connectivity index (χ1) is 17.3. The Labute approximate surface area is 211 Å². The number of aryl methyl sites for hydroxylation is 2. The SMILES string of the molecule is CCOc1ccc(/C(O)=C2\C(=O)C(=O)N(c3nc4c(C)cc(C)cc4s3)C2c2ccc(F)cc2)cc1. The van der Waals surface area contributed by atoms with E-state index in [1.165, 1.54) is 40.5 Å². The largest absolute Gasteiger partial charge is 0.507 e. The molecule has 1 fully saturated rings. The minimum atomic E-state index is -0.973. The van der Waals surface area contributed by atoms with Crippen molar-refractivity contribution in [3.8, 4) is 5.75 Å². The Morgan fingerprint density at radius 3 is 2.44 bits per heavy atom. The molecule has 1 aromatic heterocycles. The average Bonchev–Trinajstić information content (AvgIpc) is 3.38. The number of amides is 1. The van der Waals surface area contributed by atoms with Gasteiger partial charge in [-0.2, -0.15) is 0 Å². The number of Topliss-reactive ketones (excluding diaryl/α,β-unsaturated/α-hetero) is 1. The van der Waals surface area contributed by atoms with Gasteiger partial charge in [-0.1, -0.05) is 29.5 Å². The van der Waals surface area contributed by atoms with E-state index < -0.39 is 23.5 Å². The molecule has 4 aromatic rings. The molecule has 1 atom stereocenters. The number of benzene rings is 3. The summed E-state index contributed by atoms with van der Waals surface area (Å²) in [4.78, 5) is 32.7. The van der Waals surface area contributed by atoms with E-state index in [1.54, 1.807) is 24.3 Å². The average molecular weight is 503 g/mol. The molecule has 8 heteroatoms. The highest BCUT2D eigenvalue weighted by Gasteiger charge is 2.48. The summed E-state index contributed by atoms with van der Waals surface area (Å²) in [7, 11) is 0. The second-order valence-corrected chi connectivity index (χ2v) is 9.61. The van der Waals surface area contributed by atoms with E-state index in [4.69, 9.17) is 4.74 Å². The lowest BCUT2D eigenvalue weighted by atomic mass is 9.95. The predicted octanol–water partition coefficient (Wildman–Crippen LogP) is 6.08. The van der Waals surface area contributed by atoms with Crippen LogP contribution in [0.15, 0.2) is 66.2 Å². The van der Waals surface area contributed by atoms with Crippen LogP contribution in [0.4, 0.5) is 9.52 Å². The molecule has 1 aliphatic rings. The molecule has 0 radical (unpaired) electrons. The number of rotatable bonds is 5. The van der Waals surface area contributed by atoms with E-state index in [9.17, 15) is 19.1 Å². The van der Waals surface area contributed by atoms with E-state index >= 15 is 0 Å². The number of carbonyl (C=O) groups excluding carboxylic acids is 2. The maximum absolute atomic E-state index is 13.8. The smallest absolute Gasteiger partial charge is 0.301 e. The zero-order valence-electron chi connectivity index (χ0n) is 19.9. The summed E-state index contributed by atoms with van der Waals surface area (Å²) >= 11 is 1.29. The van der Waals surface area contributed by atoms with Gasteiger partial charge in [0.25, 0.3) is 5.78 Å². The topological polar surface area (TPSA) is 79.7 Å². The Kier molecular flexibility index (Phi) is 6.05. The highest BCUT2D eigenvalue weighted by molar-refractivity contribution is 7.22. The second-order valence-electron chi connectivity index (χ2n) is 8.60. The second kappa shape index (κ2) is 9.20. The number of halogens is 1. The molecule has 182 valence electrons. The van der Waals surface area contributed by atoms with Gasteiger partial charge in [-0.25, -0.2) is 9.37 Å². The van der Waals surface area contributed by atoms with Gasteiger partial charge in [0, 0.05) is 5.56 Å². The fraction of sp³-hybridized carbons (Fsp3) is 0.179. The number of hydrogen-bond acceptors (Lipinski definition) is 6. The van der Waals surface area contributed by atoms with Gasteiger partial charge in [0.05, 0.1) is 28.4 Å². The summed E-state index contributed by atoms with van der Waals surface area (Å²) in [6.45, 7) is 6.27. The van der Waals surface area contributed by atoms with Gasteiger partial charge in [0.15, 0.2) is 5.13 Å². The van der Waals surface area contributed by atoms with Gasteiger partial charge in [-0.05, 0) is 79.9 Å². The molecule has 3 aromatic carbocycles. The number of aromatic nitrogens is 1. The molecule has 1 saturated heterocycles. The number of carbonyl (C=O) groups is 2. The van der Waals surface area contributed by atoms with Crippen LogP contribution in [0.25, 0.3) is 16.0 Å². The number of thiazole rings is 1. The number of hydrogen-bond donors (Lipinski definition) is 1. The van der Waals surface area contributed by atoms with Crippen LogP contribution in [0, 0.1) is 19.7 Å². The molecule has 1 amide bonds. The van der Waals surface area contributed by atoms with Crippen molar-refractivity contribution in [2.75, 3.05) is 11.5 Å². The summed E-state index contributed by atoms with van der Waals surface area (Å²) in [5.41, 5.74) is 3.52. The van der Waals surface area contributed by atoms with Crippen LogP contribution in [0.2, 0.25) is 0 Å². The summed E-state index contributed by atoms with van der Waals surface area (Å²) in [5, 5.41) is 11.6. The Morgan fingerprint density at radius 2 is 1.78 bits per heavy atom. The monoisotopic (exact) mass is 502 g/mol. The maximum Gasteiger partial charge on any atom is 0.301 e. The molecule has 5 rings (SSSR count). The van der Waals surface area contributed by atoms with Gasteiger partial charge in [0.1, 0.15) is 17.3 Å². The molecule has 2 heterocycles. The standard InChI is InChI=1S/C28H23FN2O4S/c1-4-35-20-11-7-18(8-12-20)25(32)22-24(17-5-9-19(29)10-6-17)31(27(34)26(22)33)28-30-23-16(3)13-15(2)14-21(23)36-28/h5-14,24,32H,4H2,1-3H3/b25-22+. The van der Waals surface area contributed by atoms with E-state index in [0.717, 1.165) is 21.3 Å². The number of ether oxygens (including phenoxy) is 1. The van der Waals surface area contributed by atoms with Crippen molar-refractivity contribution in [2.24, 2.45) is 0 Å². The van der Waals surface area contributed by atoms with Gasteiger partial charge in [0.2, 0.25) is 0 Å². The number of aliphatic hydroxyl groups excluding tert-OH is 1. The van der Waals surface area contributed by atoms with Crippen LogP contribution in [-0.2, 0) is 9.59 Å². The molecule has 1 unspecified atom stereocenters. The molecule has 0 bridgehead atoms. The van der Waals surface area contributed by atoms with E-state index in [-0.39, 0.29) is 11.3 Å². The Hall–Kier alpha value is -4.04. The van der Waals surface area contributed by atoms with Crippen LogP contribution >= 0.6 is 11.3 Å². The van der Waals surface area contributed by atoms with Crippen LogP contribution in [0.3, 0.4) is 0 Å². The van der Waals surface area contributed by atoms with Crippen molar-refractivity contribution in [3.05, 3.63) is 94.3 Å². The zero-order chi connectivity index (χ0) is 25.6. The van der Waals surface area contributed by atoms with Crippen LogP contribution in [0.5, 0.6) is 5.75 Å². The highest BCUT2D eigenvalue weighted by atomic mass is 32.1. The highest BCUT2D eigenvalue weighted by Crippen LogP contribution is 2.44. The number of aliphatic hydroxyl groups is 1. The molecule has 36 heavy (non-hydrogen) atoms. The number of nitrogens with zero attached hydrogens (tertiary/aromatic N) is 2. The lowest BCUT2D eigenvalue weighted by Crippen LogP contribution is -2.29. The van der Waals surface area contributed by atoms with Crippen molar-refractivity contribution in [1.29, 1.82) is 0 Å². The van der Waals surface area contributed by atoms with Crippen LogP contribution in [-0.4, -0.2) is 28.4 Å². The third kappa shape index (κ3) is 4.03. The van der Waals surface area contributed by atoms with Gasteiger partial charge in [-0.15, -0.1) is 0 Å². The van der Waals surface area contributed by atoms with E-state index in [0.29, 0.717) is 28.6 Å². The summed E-state index contributed by atoms with van der Waals surface area (Å²) in [5.74, 6) is -1.78. The summed E-state index contributed by atoms with van der Waals surface area (Å²) in [6.07, 6.45) is 0. The van der Waals surface area contributed by atoms with Crippen LogP contribution in [0.1, 0.15) is 35.2 Å². The van der Waals surface area contributed by atoms with Gasteiger partial charge in [-0.3, -0.25) is 14.5 Å². The first kappa shape index (κ1) is 23.7. The van der Waals surface area contributed by atoms with Crippen molar-refractivity contribution in [3.63, 3.8) is 0 Å². The molecular formula is C28H23FN2O4S.